The molecule has 5 nitrogen and oxygen atoms in total. The van der Waals surface area contributed by atoms with Crippen molar-refractivity contribution in [3.8, 4) is 0 Å². The van der Waals surface area contributed by atoms with Gasteiger partial charge in [-0.05, 0) is 37.9 Å². The Morgan fingerprint density at radius 1 is 1.23 bits per heavy atom. The van der Waals surface area contributed by atoms with Crippen LogP contribution in [-0.4, -0.2) is 52.3 Å². The van der Waals surface area contributed by atoms with Crippen molar-refractivity contribution in [1.82, 2.24) is 14.9 Å². The van der Waals surface area contributed by atoms with E-state index in [-0.39, 0.29) is 6.61 Å². The molecule has 1 fully saturated rings. The zero-order chi connectivity index (χ0) is 15.2. The van der Waals surface area contributed by atoms with Crippen LogP contribution >= 0.6 is 0 Å². The highest BCUT2D eigenvalue weighted by molar-refractivity contribution is 5.87. The minimum atomic E-state index is 0.280. The Morgan fingerprint density at radius 3 is 3.09 bits per heavy atom. The Labute approximate surface area is 131 Å². The predicted octanol–water partition coefficient (Wildman–Crippen LogP) is 2.28. The molecule has 1 saturated heterocycles. The average Bonchev–Trinajstić information content (AvgIpc) is 2.59. The van der Waals surface area contributed by atoms with E-state index in [2.05, 4.69) is 26.3 Å². The maximum absolute atomic E-state index is 9.44. The third-order valence-corrected chi connectivity index (χ3v) is 4.40. The van der Waals surface area contributed by atoms with Gasteiger partial charge in [-0.25, -0.2) is 4.98 Å². The molecular weight excluding hydrogens is 276 g/mol. The molecule has 2 N–H and O–H groups in total. The lowest BCUT2D eigenvalue weighted by Gasteiger charge is -2.34. The second kappa shape index (κ2) is 7.51. The summed E-state index contributed by atoms with van der Waals surface area (Å²) in [5, 5.41) is 13.9. The number of fused-ring (bicyclic) bond motifs is 1. The molecule has 0 amide bonds. The van der Waals surface area contributed by atoms with Crippen LogP contribution in [0.3, 0.4) is 0 Å². The van der Waals surface area contributed by atoms with E-state index in [4.69, 9.17) is 0 Å². The summed E-state index contributed by atoms with van der Waals surface area (Å²) in [6.07, 6.45) is 8.28. The molecule has 0 saturated carbocycles. The van der Waals surface area contributed by atoms with Crippen LogP contribution in [0.4, 0.5) is 5.82 Å². The van der Waals surface area contributed by atoms with E-state index >= 15 is 0 Å². The number of aliphatic hydroxyl groups is 1. The van der Waals surface area contributed by atoms with Gasteiger partial charge in [0.1, 0.15) is 5.52 Å². The summed E-state index contributed by atoms with van der Waals surface area (Å²) in [6.45, 7) is 3.29. The third kappa shape index (κ3) is 3.54. The van der Waals surface area contributed by atoms with E-state index in [0.29, 0.717) is 6.04 Å². The summed E-state index contributed by atoms with van der Waals surface area (Å²) in [5.41, 5.74) is 0.927. The Bertz CT molecular complexity index is 599. The SMILES string of the molecule is OCC1CCCCN1CCCNc1nccc2cccnc12. The maximum atomic E-state index is 9.44. The van der Waals surface area contributed by atoms with Crippen molar-refractivity contribution in [2.24, 2.45) is 0 Å². The van der Waals surface area contributed by atoms with Crippen LogP contribution in [0, 0.1) is 0 Å². The van der Waals surface area contributed by atoms with Gasteiger partial charge in [0.2, 0.25) is 0 Å². The van der Waals surface area contributed by atoms with Gasteiger partial charge in [-0.15, -0.1) is 0 Å². The number of aliphatic hydroxyl groups excluding tert-OH is 1. The Kier molecular flexibility index (Phi) is 5.19. The fourth-order valence-electron chi connectivity index (χ4n) is 3.18. The zero-order valence-electron chi connectivity index (χ0n) is 12.9. The van der Waals surface area contributed by atoms with Gasteiger partial charge in [-0.2, -0.15) is 0 Å². The van der Waals surface area contributed by atoms with Crippen molar-refractivity contribution in [3.63, 3.8) is 0 Å². The number of nitrogens with zero attached hydrogens (tertiary/aromatic N) is 3. The second-order valence-electron chi connectivity index (χ2n) is 5.88. The van der Waals surface area contributed by atoms with Crippen LogP contribution in [0.5, 0.6) is 0 Å². The van der Waals surface area contributed by atoms with Gasteiger partial charge in [-0.3, -0.25) is 9.88 Å². The van der Waals surface area contributed by atoms with Gasteiger partial charge >= 0.3 is 0 Å². The number of nitrogens with one attached hydrogen (secondary N) is 1. The van der Waals surface area contributed by atoms with Crippen LogP contribution in [-0.2, 0) is 0 Å². The van der Waals surface area contributed by atoms with Crippen molar-refractivity contribution in [1.29, 1.82) is 0 Å². The van der Waals surface area contributed by atoms with E-state index in [9.17, 15) is 5.11 Å². The second-order valence-corrected chi connectivity index (χ2v) is 5.88. The Morgan fingerprint density at radius 2 is 2.18 bits per heavy atom. The van der Waals surface area contributed by atoms with Crippen molar-refractivity contribution in [3.05, 3.63) is 30.6 Å². The number of hydrogen-bond acceptors (Lipinski definition) is 5. The van der Waals surface area contributed by atoms with E-state index in [1.807, 2.05) is 18.3 Å². The fraction of sp³-hybridized carbons (Fsp3) is 0.529. The summed E-state index contributed by atoms with van der Waals surface area (Å²) in [5.74, 6) is 0.857. The standard InChI is InChI=1S/C17H24N4O/c22-13-15-6-1-2-11-21(15)12-4-9-19-17-16-14(7-10-20-17)5-3-8-18-16/h3,5,7-8,10,15,22H,1-2,4,6,9,11-13H2,(H,19,20). The number of pyridine rings is 2. The molecule has 3 rings (SSSR count). The van der Waals surface area contributed by atoms with Gasteiger partial charge in [0.15, 0.2) is 5.82 Å². The molecule has 3 heterocycles. The number of anilines is 1. The number of hydrogen-bond donors (Lipinski definition) is 2. The smallest absolute Gasteiger partial charge is 0.152 e. The number of likely N-dealkylation sites (tertiary alicyclic amines) is 1. The maximum Gasteiger partial charge on any atom is 0.152 e. The molecule has 2 aromatic heterocycles. The van der Waals surface area contributed by atoms with E-state index in [1.165, 1.54) is 12.8 Å². The summed E-state index contributed by atoms with van der Waals surface area (Å²) < 4.78 is 0. The first-order valence-corrected chi connectivity index (χ1v) is 8.17. The van der Waals surface area contributed by atoms with Crippen molar-refractivity contribution in [2.45, 2.75) is 31.7 Å². The third-order valence-electron chi connectivity index (χ3n) is 4.40. The van der Waals surface area contributed by atoms with Crippen LogP contribution in [0.1, 0.15) is 25.7 Å². The molecule has 2 aromatic rings. The molecule has 22 heavy (non-hydrogen) atoms. The van der Waals surface area contributed by atoms with Crippen LogP contribution in [0.15, 0.2) is 30.6 Å². The van der Waals surface area contributed by atoms with E-state index in [1.54, 1.807) is 6.20 Å². The molecule has 0 aliphatic carbocycles. The number of rotatable bonds is 6. The quantitative estimate of drug-likeness (QED) is 0.802. The Hall–Kier alpha value is -1.72. The van der Waals surface area contributed by atoms with Gasteiger partial charge in [0.05, 0.1) is 6.61 Å². The summed E-state index contributed by atoms with van der Waals surface area (Å²) in [6, 6.07) is 6.32. The summed E-state index contributed by atoms with van der Waals surface area (Å²) in [4.78, 5) is 11.2. The molecule has 0 bridgehead atoms. The molecule has 118 valence electrons. The minimum Gasteiger partial charge on any atom is -0.395 e. The molecule has 1 aliphatic heterocycles. The monoisotopic (exact) mass is 300 g/mol. The predicted molar refractivity (Wildman–Crippen MR) is 88.9 cm³/mol. The Balaban J connectivity index is 1.52. The molecule has 0 aromatic carbocycles. The molecule has 5 heteroatoms. The lowest BCUT2D eigenvalue weighted by molar-refractivity contribution is 0.0901. The zero-order valence-corrected chi connectivity index (χ0v) is 12.9. The largest absolute Gasteiger partial charge is 0.395 e. The fourth-order valence-corrected chi connectivity index (χ4v) is 3.18. The first-order valence-electron chi connectivity index (χ1n) is 8.17. The van der Waals surface area contributed by atoms with E-state index in [0.717, 1.165) is 49.2 Å². The number of aromatic nitrogens is 2. The van der Waals surface area contributed by atoms with Gasteiger partial charge in [0.25, 0.3) is 0 Å². The van der Waals surface area contributed by atoms with Crippen LogP contribution in [0.2, 0.25) is 0 Å². The molecule has 0 spiro atoms. The first-order chi connectivity index (χ1) is 10.9. The highest BCUT2D eigenvalue weighted by atomic mass is 16.3. The van der Waals surface area contributed by atoms with Gasteiger partial charge in [0, 0.05) is 36.9 Å². The highest BCUT2D eigenvalue weighted by Crippen LogP contribution is 2.18. The van der Waals surface area contributed by atoms with Crippen LogP contribution < -0.4 is 5.32 Å². The highest BCUT2D eigenvalue weighted by Gasteiger charge is 2.20. The average molecular weight is 300 g/mol. The topological polar surface area (TPSA) is 61.3 Å². The van der Waals surface area contributed by atoms with E-state index < -0.39 is 0 Å². The number of piperidine rings is 1. The van der Waals surface area contributed by atoms with Crippen molar-refractivity contribution >= 4 is 16.7 Å². The molecule has 0 radical (unpaired) electrons. The summed E-state index contributed by atoms with van der Waals surface area (Å²) >= 11 is 0. The lowest BCUT2D eigenvalue weighted by atomic mass is 10.0. The summed E-state index contributed by atoms with van der Waals surface area (Å²) in [7, 11) is 0. The first kappa shape index (κ1) is 15.2. The van der Waals surface area contributed by atoms with Crippen LogP contribution in [0.25, 0.3) is 10.9 Å². The lowest BCUT2D eigenvalue weighted by Crippen LogP contribution is -2.42. The molecular formula is C17H24N4O. The minimum absolute atomic E-state index is 0.280. The molecule has 1 aliphatic rings. The van der Waals surface area contributed by atoms with Crippen molar-refractivity contribution < 1.29 is 5.11 Å². The molecule has 1 atom stereocenters. The normalized spacial score (nSPS) is 19.4. The molecule has 1 unspecified atom stereocenters. The van der Waals surface area contributed by atoms with Gasteiger partial charge < -0.3 is 10.4 Å². The van der Waals surface area contributed by atoms with Crippen molar-refractivity contribution in [2.75, 3.05) is 31.6 Å². The van der Waals surface area contributed by atoms with Gasteiger partial charge in [-0.1, -0.05) is 12.5 Å².